The molecule has 2 amide bonds. The first-order valence-corrected chi connectivity index (χ1v) is 8.81. The maximum Gasteiger partial charge on any atom is 0.251 e. The van der Waals surface area contributed by atoms with Gasteiger partial charge in [0.05, 0.1) is 38.2 Å². The minimum absolute atomic E-state index is 0.118. The van der Waals surface area contributed by atoms with Crippen LogP contribution in [0.5, 0.6) is 5.75 Å². The SMILES string of the molecule is COc1cccc(C(=O)NCC(=O)Nc2ccccc2N2CCOCC2)c1. The Hall–Kier alpha value is -3.06. The topological polar surface area (TPSA) is 79.9 Å². The molecule has 2 aromatic carbocycles. The predicted molar refractivity (Wildman–Crippen MR) is 103 cm³/mol. The van der Waals surface area contributed by atoms with Crippen LogP contribution in [-0.2, 0) is 9.53 Å². The van der Waals surface area contributed by atoms with Gasteiger partial charge in [-0.2, -0.15) is 0 Å². The molecule has 1 saturated heterocycles. The van der Waals surface area contributed by atoms with Crippen molar-refractivity contribution in [1.29, 1.82) is 0 Å². The van der Waals surface area contributed by atoms with Crippen LogP contribution in [0.2, 0.25) is 0 Å². The van der Waals surface area contributed by atoms with Gasteiger partial charge in [-0.1, -0.05) is 18.2 Å². The van der Waals surface area contributed by atoms with Crippen LogP contribution in [0.15, 0.2) is 48.5 Å². The molecule has 27 heavy (non-hydrogen) atoms. The van der Waals surface area contributed by atoms with Gasteiger partial charge in [-0.3, -0.25) is 9.59 Å². The number of ether oxygens (including phenoxy) is 2. The van der Waals surface area contributed by atoms with Crippen molar-refractivity contribution in [3.05, 3.63) is 54.1 Å². The summed E-state index contributed by atoms with van der Waals surface area (Å²) in [6.45, 7) is 2.77. The van der Waals surface area contributed by atoms with Gasteiger partial charge in [-0.25, -0.2) is 0 Å². The Labute approximate surface area is 158 Å². The summed E-state index contributed by atoms with van der Waals surface area (Å²) in [5.41, 5.74) is 2.11. The maximum absolute atomic E-state index is 12.3. The molecular weight excluding hydrogens is 346 g/mol. The molecule has 7 heteroatoms. The lowest BCUT2D eigenvalue weighted by atomic mass is 10.2. The number of carbonyl (C=O) groups excluding carboxylic acids is 2. The third kappa shape index (κ3) is 4.98. The number of benzene rings is 2. The van der Waals surface area contributed by atoms with E-state index in [2.05, 4.69) is 15.5 Å². The van der Waals surface area contributed by atoms with Gasteiger partial charge in [0, 0.05) is 18.7 Å². The average Bonchev–Trinajstić information content (AvgIpc) is 2.73. The van der Waals surface area contributed by atoms with Crippen molar-refractivity contribution in [2.45, 2.75) is 0 Å². The first-order chi connectivity index (χ1) is 13.2. The van der Waals surface area contributed by atoms with Crippen LogP contribution in [-0.4, -0.2) is 51.8 Å². The normalized spacial score (nSPS) is 13.7. The van der Waals surface area contributed by atoms with Crippen molar-refractivity contribution < 1.29 is 19.1 Å². The molecule has 0 atom stereocenters. The molecule has 1 fully saturated rings. The highest BCUT2D eigenvalue weighted by Crippen LogP contribution is 2.26. The van der Waals surface area contributed by atoms with Crippen LogP contribution in [0, 0.1) is 0 Å². The van der Waals surface area contributed by atoms with E-state index in [0.717, 1.165) is 24.5 Å². The molecule has 2 N–H and O–H groups in total. The summed E-state index contributed by atoms with van der Waals surface area (Å²) in [6.07, 6.45) is 0. The Morgan fingerprint density at radius 1 is 1.11 bits per heavy atom. The first-order valence-electron chi connectivity index (χ1n) is 8.81. The fourth-order valence-electron chi connectivity index (χ4n) is 2.88. The molecule has 0 saturated carbocycles. The van der Waals surface area contributed by atoms with Gasteiger partial charge < -0.3 is 25.0 Å². The Kier molecular flexibility index (Phi) is 6.27. The summed E-state index contributed by atoms with van der Waals surface area (Å²) in [7, 11) is 1.54. The zero-order chi connectivity index (χ0) is 19.1. The Morgan fingerprint density at radius 2 is 1.89 bits per heavy atom. The number of hydrogen-bond acceptors (Lipinski definition) is 5. The van der Waals surface area contributed by atoms with E-state index in [1.807, 2.05) is 24.3 Å². The van der Waals surface area contributed by atoms with Gasteiger partial charge >= 0.3 is 0 Å². The van der Waals surface area contributed by atoms with Crippen molar-refractivity contribution in [3.8, 4) is 5.75 Å². The molecule has 1 heterocycles. The zero-order valence-electron chi connectivity index (χ0n) is 15.2. The number of amides is 2. The van der Waals surface area contributed by atoms with E-state index in [1.54, 1.807) is 24.3 Å². The van der Waals surface area contributed by atoms with Crippen LogP contribution in [0.4, 0.5) is 11.4 Å². The van der Waals surface area contributed by atoms with E-state index in [1.165, 1.54) is 7.11 Å². The molecule has 1 aliphatic rings. The van der Waals surface area contributed by atoms with Gasteiger partial charge in [0.25, 0.3) is 5.91 Å². The van der Waals surface area contributed by atoms with Crippen molar-refractivity contribution in [3.63, 3.8) is 0 Å². The van der Waals surface area contributed by atoms with Crippen LogP contribution in [0.1, 0.15) is 10.4 Å². The van der Waals surface area contributed by atoms with Crippen LogP contribution < -0.4 is 20.3 Å². The third-order valence-corrected chi connectivity index (χ3v) is 4.27. The number of carbonyl (C=O) groups is 2. The zero-order valence-corrected chi connectivity index (χ0v) is 15.2. The molecule has 0 aliphatic carbocycles. The highest BCUT2D eigenvalue weighted by Gasteiger charge is 2.16. The monoisotopic (exact) mass is 369 g/mol. The second-order valence-corrected chi connectivity index (χ2v) is 6.08. The predicted octanol–water partition coefficient (Wildman–Crippen LogP) is 1.90. The second-order valence-electron chi connectivity index (χ2n) is 6.08. The molecule has 0 radical (unpaired) electrons. The standard InChI is InChI=1S/C20H23N3O4/c1-26-16-6-4-5-15(13-16)20(25)21-14-19(24)22-17-7-2-3-8-18(17)23-9-11-27-12-10-23/h2-8,13H,9-12,14H2,1H3,(H,21,25)(H,22,24). The third-order valence-electron chi connectivity index (χ3n) is 4.27. The summed E-state index contributed by atoms with van der Waals surface area (Å²) in [5.74, 6) is -0.0241. The summed E-state index contributed by atoms with van der Waals surface area (Å²) in [4.78, 5) is 26.7. The summed E-state index contributed by atoms with van der Waals surface area (Å²) in [5, 5.41) is 5.51. The molecule has 2 aromatic rings. The first kappa shape index (κ1) is 18.7. The Morgan fingerprint density at radius 3 is 2.67 bits per heavy atom. The second kappa shape index (κ2) is 9.05. The Bertz CT molecular complexity index is 803. The van der Waals surface area contributed by atoms with Crippen molar-refractivity contribution in [1.82, 2.24) is 5.32 Å². The molecule has 7 nitrogen and oxygen atoms in total. The largest absolute Gasteiger partial charge is 0.497 e. The number of morpholine rings is 1. The van der Waals surface area contributed by atoms with Crippen molar-refractivity contribution in [2.24, 2.45) is 0 Å². The summed E-state index contributed by atoms with van der Waals surface area (Å²) < 4.78 is 10.5. The minimum Gasteiger partial charge on any atom is -0.497 e. The summed E-state index contributed by atoms with van der Waals surface area (Å²) >= 11 is 0. The number of anilines is 2. The molecule has 3 rings (SSSR count). The smallest absolute Gasteiger partial charge is 0.251 e. The van der Waals surface area contributed by atoms with Crippen LogP contribution >= 0.6 is 0 Å². The van der Waals surface area contributed by atoms with E-state index in [9.17, 15) is 9.59 Å². The number of para-hydroxylation sites is 2. The van der Waals surface area contributed by atoms with Gasteiger partial charge in [0.2, 0.25) is 5.91 Å². The van der Waals surface area contributed by atoms with Gasteiger partial charge in [0.15, 0.2) is 0 Å². The number of hydrogen-bond donors (Lipinski definition) is 2. The fourth-order valence-corrected chi connectivity index (χ4v) is 2.88. The van der Waals surface area contributed by atoms with E-state index < -0.39 is 0 Å². The maximum atomic E-state index is 12.3. The molecule has 0 unspecified atom stereocenters. The van der Waals surface area contributed by atoms with Gasteiger partial charge in [-0.05, 0) is 30.3 Å². The van der Waals surface area contributed by atoms with Crippen LogP contribution in [0.3, 0.4) is 0 Å². The van der Waals surface area contributed by atoms with Crippen molar-refractivity contribution in [2.75, 3.05) is 50.2 Å². The van der Waals surface area contributed by atoms with E-state index in [0.29, 0.717) is 24.5 Å². The Balaban J connectivity index is 1.58. The van der Waals surface area contributed by atoms with Gasteiger partial charge in [-0.15, -0.1) is 0 Å². The lowest BCUT2D eigenvalue weighted by molar-refractivity contribution is -0.115. The van der Waals surface area contributed by atoms with Crippen LogP contribution in [0.25, 0.3) is 0 Å². The summed E-state index contributed by atoms with van der Waals surface area (Å²) in [6, 6.07) is 14.4. The molecule has 1 aliphatic heterocycles. The number of nitrogens with zero attached hydrogens (tertiary/aromatic N) is 1. The fraction of sp³-hybridized carbons (Fsp3) is 0.300. The van der Waals surface area contributed by atoms with Crippen molar-refractivity contribution >= 4 is 23.2 Å². The quantitative estimate of drug-likeness (QED) is 0.813. The molecule has 0 aromatic heterocycles. The number of methoxy groups -OCH3 is 1. The lowest BCUT2D eigenvalue weighted by Crippen LogP contribution is -2.37. The van der Waals surface area contributed by atoms with Gasteiger partial charge in [0.1, 0.15) is 5.75 Å². The van der Waals surface area contributed by atoms with E-state index >= 15 is 0 Å². The number of nitrogens with one attached hydrogen (secondary N) is 2. The van der Waals surface area contributed by atoms with E-state index in [4.69, 9.17) is 9.47 Å². The average molecular weight is 369 g/mol. The highest BCUT2D eigenvalue weighted by molar-refractivity contribution is 6.00. The molecule has 142 valence electrons. The minimum atomic E-state index is -0.328. The molecule has 0 spiro atoms. The highest BCUT2D eigenvalue weighted by atomic mass is 16.5. The van der Waals surface area contributed by atoms with E-state index in [-0.39, 0.29) is 18.4 Å². The number of rotatable bonds is 6. The molecule has 0 bridgehead atoms. The molecular formula is C20H23N3O4. The lowest BCUT2D eigenvalue weighted by Gasteiger charge is -2.30.